The molecule has 0 radical (unpaired) electrons. The number of amides is 1. The van der Waals surface area contributed by atoms with Crippen molar-refractivity contribution >= 4 is 5.91 Å². The minimum atomic E-state index is 0.223. The van der Waals surface area contributed by atoms with Crippen LogP contribution in [-0.2, 0) is 4.79 Å². The topological polar surface area (TPSA) is 41.1 Å². The highest BCUT2D eigenvalue weighted by Gasteiger charge is 2.25. The Bertz CT molecular complexity index is 274. The average molecular weight is 252 g/mol. The fourth-order valence-electron chi connectivity index (χ4n) is 2.94. The summed E-state index contributed by atoms with van der Waals surface area (Å²) in [5.74, 6) is 1.89. The van der Waals surface area contributed by atoms with E-state index in [9.17, 15) is 4.79 Å². The molecule has 2 N–H and O–H groups in total. The molecule has 0 aromatic rings. The van der Waals surface area contributed by atoms with Gasteiger partial charge in [0.05, 0.1) is 0 Å². The van der Waals surface area contributed by atoms with Crippen molar-refractivity contribution in [2.45, 2.75) is 70.9 Å². The summed E-state index contributed by atoms with van der Waals surface area (Å²) in [7, 11) is 0. The van der Waals surface area contributed by atoms with Crippen molar-refractivity contribution < 1.29 is 4.79 Å². The maximum Gasteiger partial charge on any atom is 0.221 e. The standard InChI is InChI=1S/C15H28N2O/c1-11(2)12-4-3-5-14(10-12)16-9-8-15(18)17-13-6-7-13/h11-14,16H,3-10H2,1-2H3,(H,17,18). The molecule has 0 aliphatic heterocycles. The number of hydrogen-bond donors (Lipinski definition) is 2. The van der Waals surface area contributed by atoms with Crippen molar-refractivity contribution in [3.8, 4) is 0 Å². The molecule has 3 nitrogen and oxygen atoms in total. The second kappa shape index (κ2) is 6.55. The average Bonchev–Trinajstić information content (AvgIpc) is 3.13. The lowest BCUT2D eigenvalue weighted by Gasteiger charge is -2.32. The lowest BCUT2D eigenvalue weighted by molar-refractivity contribution is -0.121. The van der Waals surface area contributed by atoms with Gasteiger partial charge in [0.15, 0.2) is 0 Å². The summed E-state index contributed by atoms with van der Waals surface area (Å²) in [5, 5.41) is 6.61. The van der Waals surface area contributed by atoms with Gasteiger partial charge in [-0.1, -0.05) is 26.7 Å². The van der Waals surface area contributed by atoms with E-state index in [1.54, 1.807) is 0 Å². The van der Waals surface area contributed by atoms with Gasteiger partial charge in [0.25, 0.3) is 0 Å². The minimum Gasteiger partial charge on any atom is -0.353 e. The molecule has 2 aliphatic carbocycles. The SMILES string of the molecule is CC(C)C1CCCC(NCCC(=O)NC2CC2)C1. The van der Waals surface area contributed by atoms with Crippen LogP contribution in [0.3, 0.4) is 0 Å². The van der Waals surface area contributed by atoms with E-state index in [1.165, 1.54) is 38.5 Å². The van der Waals surface area contributed by atoms with Crippen LogP contribution in [0.15, 0.2) is 0 Å². The van der Waals surface area contributed by atoms with Gasteiger partial charge in [-0.25, -0.2) is 0 Å². The first-order valence-electron chi connectivity index (χ1n) is 7.68. The third kappa shape index (κ3) is 4.60. The van der Waals surface area contributed by atoms with Crippen LogP contribution in [0.5, 0.6) is 0 Å². The fraction of sp³-hybridized carbons (Fsp3) is 0.933. The van der Waals surface area contributed by atoms with E-state index in [1.807, 2.05) is 0 Å². The first-order valence-corrected chi connectivity index (χ1v) is 7.68. The van der Waals surface area contributed by atoms with Gasteiger partial charge in [0.1, 0.15) is 0 Å². The molecular formula is C15H28N2O. The van der Waals surface area contributed by atoms with E-state index in [4.69, 9.17) is 0 Å². The van der Waals surface area contributed by atoms with Crippen molar-refractivity contribution in [2.24, 2.45) is 11.8 Å². The first-order chi connectivity index (χ1) is 8.65. The summed E-state index contributed by atoms with van der Waals surface area (Å²) in [4.78, 5) is 11.6. The van der Waals surface area contributed by atoms with Crippen molar-refractivity contribution in [2.75, 3.05) is 6.54 Å². The number of carbonyl (C=O) groups is 1. The molecule has 0 spiro atoms. The van der Waals surface area contributed by atoms with E-state index in [0.29, 0.717) is 18.5 Å². The molecule has 0 saturated heterocycles. The lowest BCUT2D eigenvalue weighted by atomic mass is 9.79. The van der Waals surface area contributed by atoms with Crippen LogP contribution in [0.4, 0.5) is 0 Å². The third-order valence-corrected chi connectivity index (χ3v) is 4.39. The number of hydrogen-bond acceptors (Lipinski definition) is 2. The predicted molar refractivity (Wildman–Crippen MR) is 74.4 cm³/mol. The number of nitrogens with one attached hydrogen (secondary N) is 2. The van der Waals surface area contributed by atoms with E-state index < -0.39 is 0 Å². The predicted octanol–water partition coefficient (Wildman–Crippen LogP) is 2.46. The summed E-state index contributed by atoms with van der Waals surface area (Å²) < 4.78 is 0. The van der Waals surface area contributed by atoms with Crippen LogP contribution in [0.1, 0.15) is 58.8 Å². The van der Waals surface area contributed by atoms with E-state index in [-0.39, 0.29) is 5.91 Å². The van der Waals surface area contributed by atoms with Gasteiger partial charge in [-0.2, -0.15) is 0 Å². The Hall–Kier alpha value is -0.570. The Labute approximate surface area is 111 Å². The molecule has 3 heteroatoms. The molecule has 0 heterocycles. The molecule has 2 atom stereocenters. The Balaban J connectivity index is 1.58. The normalized spacial score (nSPS) is 28.4. The van der Waals surface area contributed by atoms with Gasteiger partial charge >= 0.3 is 0 Å². The molecule has 1 amide bonds. The van der Waals surface area contributed by atoms with Crippen LogP contribution in [0.25, 0.3) is 0 Å². The largest absolute Gasteiger partial charge is 0.353 e. The van der Waals surface area contributed by atoms with Crippen LogP contribution >= 0.6 is 0 Å². The Morgan fingerprint density at radius 2 is 1.94 bits per heavy atom. The van der Waals surface area contributed by atoms with Crippen LogP contribution in [0, 0.1) is 11.8 Å². The molecular weight excluding hydrogens is 224 g/mol. The molecule has 2 unspecified atom stereocenters. The number of rotatable bonds is 6. The van der Waals surface area contributed by atoms with Crippen molar-refractivity contribution in [1.29, 1.82) is 0 Å². The quantitative estimate of drug-likeness (QED) is 0.762. The first kappa shape index (κ1) is 13.9. The van der Waals surface area contributed by atoms with Gasteiger partial charge in [-0.15, -0.1) is 0 Å². The zero-order valence-electron chi connectivity index (χ0n) is 11.9. The van der Waals surface area contributed by atoms with Gasteiger partial charge in [-0.05, 0) is 37.5 Å². The Morgan fingerprint density at radius 1 is 1.17 bits per heavy atom. The summed E-state index contributed by atoms with van der Waals surface area (Å²) in [5.41, 5.74) is 0. The van der Waals surface area contributed by atoms with Gasteiger partial charge in [0, 0.05) is 25.0 Å². The Morgan fingerprint density at radius 3 is 2.61 bits per heavy atom. The molecule has 2 rings (SSSR count). The van der Waals surface area contributed by atoms with E-state index in [2.05, 4.69) is 24.5 Å². The highest BCUT2D eigenvalue weighted by atomic mass is 16.1. The maximum atomic E-state index is 11.6. The summed E-state index contributed by atoms with van der Waals surface area (Å²) in [6.45, 7) is 5.50. The van der Waals surface area contributed by atoms with E-state index >= 15 is 0 Å². The summed E-state index contributed by atoms with van der Waals surface area (Å²) in [6, 6.07) is 1.14. The second-order valence-corrected chi connectivity index (χ2v) is 6.41. The van der Waals surface area contributed by atoms with Gasteiger partial charge in [0.2, 0.25) is 5.91 Å². The van der Waals surface area contributed by atoms with Crippen LogP contribution in [0.2, 0.25) is 0 Å². The summed E-state index contributed by atoms with van der Waals surface area (Å²) >= 11 is 0. The lowest BCUT2D eigenvalue weighted by Crippen LogP contribution is -2.38. The Kier molecular flexibility index (Phi) is 5.04. The highest BCUT2D eigenvalue weighted by Crippen LogP contribution is 2.29. The van der Waals surface area contributed by atoms with Gasteiger partial charge < -0.3 is 10.6 Å². The molecule has 2 saturated carbocycles. The smallest absolute Gasteiger partial charge is 0.221 e. The van der Waals surface area contributed by atoms with Crippen molar-refractivity contribution in [3.63, 3.8) is 0 Å². The minimum absolute atomic E-state index is 0.223. The van der Waals surface area contributed by atoms with Gasteiger partial charge in [-0.3, -0.25) is 4.79 Å². The molecule has 0 bridgehead atoms. The zero-order valence-corrected chi connectivity index (χ0v) is 11.9. The second-order valence-electron chi connectivity index (χ2n) is 6.41. The van der Waals surface area contributed by atoms with Crippen molar-refractivity contribution in [3.05, 3.63) is 0 Å². The molecule has 104 valence electrons. The van der Waals surface area contributed by atoms with Crippen LogP contribution in [-0.4, -0.2) is 24.5 Å². The van der Waals surface area contributed by atoms with E-state index in [0.717, 1.165) is 18.4 Å². The fourth-order valence-corrected chi connectivity index (χ4v) is 2.94. The molecule has 2 aliphatic rings. The summed E-state index contributed by atoms with van der Waals surface area (Å²) in [6.07, 6.45) is 8.30. The molecule has 18 heavy (non-hydrogen) atoms. The number of carbonyl (C=O) groups excluding carboxylic acids is 1. The van der Waals surface area contributed by atoms with Crippen LogP contribution < -0.4 is 10.6 Å². The molecule has 2 fully saturated rings. The molecule has 0 aromatic carbocycles. The highest BCUT2D eigenvalue weighted by molar-refractivity contribution is 5.76. The zero-order chi connectivity index (χ0) is 13.0. The third-order valence-electron chi connectivity index (χ3n) is 4.39. The van der Waals surface area contributed by atoms with Crippen molar-refractivity contribution in [1.82, 2.24) is 10.6 Å². The monoisotopic (exact) mass is 252 g/mol. The molecule has 0 aromatic heterocycles. The maximum absolute atomic E-state index is 11.6.